The van der Waals surface area contributed by atoms with Crippen LogP contribution in [0.25, 0.3) is 0 Å². The van der Waals surface area contributed by atoms with Gasteiger partial charge in [-0.1, -0.05) is 42.2 Å². The quantitative estimate of drug-likeness (QED) is 0.241. The lowest BCUT2D eigenvalue weighted by atomic mass is 9.95. The third-order valence-electron chi connectivity index (χ3n) is 5.69. The molecule has 0 bridgehead atoms. The van der Waals surface area contributed by atoms with E-state index in [4.69, 9.17) is 14.3 Å². The van der Waals surface area contributed by atoms with E-state index in [1.807, 2.05) is 30.3 Å². The molecule has 230 valence electrons. The van der Waals surface area contributed by atoms with E-state index in [1.54, 1.807) is 41.5 Å². The highest BCUT2D eigenvalue weighted by molar-refractivity contribution is 7.92. The maximum absolute atomic E-state index is 14.0. The van der Waals surface area contributed by atoms with Crippen LogP contribution in [-0.2, 0) is 24.0 Å². The molecule has 0 aliphatic heterocycles. The Balaban J connectivity index is 2.12. The third-order valence-corrected chi connectivity index (χ3v) is 7.48. The molecule has 3 atom stereocenters. The van der Waals surface area contributed by atoms with Gasteiger partial charge in [0.25, 0.3) is 0 Å². The molecule has 2 aromatic rings. The number of amides is 1. The summed E-state index contributed by atoms with van der Waals surface area (Å²) >= 11 is 0. The molecule has 2 rings (SSSR count). The van der Waals surface area contributed by atoms with Crippen molar-refractivity contribution >= 4 is 21.8 Å². The van der Waals surface area contributed by atoms with Crippen molar-refractivity contribution in [3.8, 4) is 11.8 Å². The fourth-order valence-corrected chi connectivity index (χ4v) is 5.21. The number of hydrogen-bond acceptors (Lipinski definition) is 6. The average Bonchev–Trinajstić information content (AvgIpc) is 2.83. The van der Waals surface area contributed by atoms with E-state index in [-0.39, 0.29) is 12.0 Å². The van der Waals surface area contributed by atoms with Crippen LogP contribution in [0.2, 0.25) is 0 Å². The zero-order valence-electron chi connectivity index (χ0n) is 24.8. The van der Waals surface area contributed by atoms with Crippen LogP contribution in [0.15, 0.2) is 54.6 Å². The van der Waals surface area contributed by atoms with Crippen molar-refractivity contribution in [2.45, 2.75) is 83.7 Å². The predicted molar refractivity (Wildman–Crippen MR) is 156 cm³/mol. The summed E-state index contributed by atoms with van der Waals surface area (Å²) in [7, 11) is -3.56. The van der Waals surface area contributed by atoms with Crippen molar-refractivity contribution in [1.82, 2.24) is 5.32 Å². The van der Waals surface area contributed by atoms with Gasteiger partial charge in [-0.25, -0.2) is 13.8 Å². The van der Waals surface area contributed by atoms with Crippen LogP contribution in [-0.4, -0.2) is 51.2 Å². The minimum Gasteiger partial charge on any atom is -0.458 e. The van der Waals surface area contributed by atoms with E-state index in [0.717, 1.165) is 5.56 Å². The minimum absolute atomic E-state index is 0.0267. The molecule has 0 aliphatic carbocycles. The molecule has 0 heterocycles. The Bertz CT molecular complexity index is 1370. The van der Waals surface area contributed by atoms with E-state index < -0.39 is 69.1 Å². The first-order valence-corrected chi connectivity index (χ1v) is 15.3. The van der Waals surface area contributed by atoms with E-state index in [2.05, 4.69) is 17.2 Å². The molecule has 2 unspecified atom stereocenters. The Kier molecular flexibility index (Phi) is 11.6. The number of alkyl carbamates (subject to hydrolysis) is 1. The highest BCUT2D eigenvalue weighted by Crippen LogP contribution is 2.38. The molecule has 0 fully saturated rings. The first-order chi connectivity index (χ1) is 19.2. The predicted octanol–water partition coefficient (Wildman–Crippen LogP) is 6.79. The van der Waals surface area contributed by atoms with Gasteiger partial charge in [0, 0.05) is 32.4 Å². The van der Waals surface area contributed by atoms with Crippen LogP contribution >= 0.6 is 0 Å². The van der Waals surface area contributed by atoms with Crippen LogP contribution in [0.5, 0.6) is 0 Å². The largest absolute Gasteiger partial charge is 0.458 e. The Morgan fingerprint density at radius 2 is 1.33 bits per heavy atom. The Morgan fingerprint density at radius 1 is 0.833 bits per heavy atom. The van der Waals surface area contributed by atoms with Gasteiger partial charge in [-0.05, 0) is 84.2 Å². The number of carbonyl (C=O) groups is 2. The van der Waals surface area contributed by atoms with Gasteiger partial charge in [-0.2, -0.15) is 13.2 Å². The summed E-state index contributed by atoms with van der Waals surface area (Å²) in [5, 5.41) is 2.37. The lowest BCUT2D eigenvalue weighted by molar-refractivity contribution is -0.157. The summed E-state index contributed by atoms with van der Waals surface area (Å²) in [5.41, 5.74) is -0.462. The summed E-state index contributed by atoms with van der Waals surface area (Å²) < 4.78 is 73.8. The molecule has 0 aromatic heterocycles. The van der Waals surface area contributed by atoms with Crippen LogP contribution in [0.3, 0.4) is 0 Å². The summed E-state index contributed by atoms with van der Waals surface area (Å²) in [4.78, 5) is 25.0. The number of halogens is 3. The van der Waals surface area contributed by atoms with Crippen molar-refractivity contribution < 1.29 is 36.4 Å². The zero-order chi connectivity index (χ0) is 31.8. The van der Waals surface area contributed by atoms with Gasteiger partial charge in [-0.3, -0.25) is 4.78 Å². The zero-order valence-corrected chi connectivity index (χ0v) is 25.6. The van der Waals surface area contributed by atoms with Crippen molar-refractivity contribution in [2.24, 2.45) is 0 Å². The first-order valence-electron chi connectivity index (χ1n) is 13.4. The second kappa shape index (κ2) is 14.1. The molecule has 1 amide bonds. The molecule has 7 nitrogen and oxygen atoms in total. The number of carbonyl (C=O) groups excluding carboxylic acids is 2. The van der Waals surface area contributed by atoms with Crippen LogP contribution < -0.4 is 5.32 Å². The normalized spacial score (nSPS) is 14.9. The van der Waals surface area contributed by atoms with Gasteiger partial charge in [0.2, 0.25) is 0 Å². The summed E-state index contributed by atoms with van der Waals surface area (Å²) in [6.45, 7) is 9.78. The van der Waals surface area contributed by atoms with Crippen LogP contribution in [0, 0.1) is 16.6 Å². The lowest BCUT2D eigenvalue weighted by Gasteiger charge is -2.26. The lowest BCUT2D eigenvalue weighted by Crippen LogP contribution is -2.46. The van der Waals surface area contributed by atoms with Gasteiger partial charge in [0.05, 0.1) is 5.92 Å². The smallest absolute Gasteiger partial charge is 0.408 e. The Hall–Kier alpha value is -3.52. The van der Waals surface area contributed by atoms with E-state index >= 15 is 0 Å². The molecule has 0 saturated carbocycles. The number of nitrogens with one attached hydrogen (secondary N) is 2. The van der Waals surface area contributed by atoms with Gasteiger partial charge in [0.1, 0.15) is 17.2 Å². The summed E-state index contributed by atoms with van der Waals surface area (Å²) in [5.74, 6) is 2.11. The fraction of sp³-hybridized carbons (Fsp3) is 0.484. The monoisotopic (exact) mass is 608 g/mol. The van der Waals surface area contributed by atoms with Crippen molar-refractivity contribution in [1.29, 1.82) is 4.78 Å². The molecular formula is C31H39F3N2O5S. The summed E-state index contributed by atoms with van der Waals surface area (Å²) in [6.07, 6.45) is -6.41. The van der Waals surface area contributed by atoms with Gasteiger partial charge >= 0.3 is 18.2 Å². The van der Waals surface area contributed by atoms with Crippen LogP contribution in [0.4, 0.5) is 18.0 Å². The number of rotatable bonds is 9. The molecule has 2 aromatic carbocycles. The fourth-order valence-electron chi connectivity index (χ4n) is 3.77. The highest BCUT2D eigenvalue weighted by atomic mass is 32.2. The molecule has 2 N–H and O–H groups in total. The van der Waals surface area contributed by atoms with Gasteiger partial charge in [-0.15, -0.1) is 0 Å². The molecule has 0 aliphatic rings. The van der Waals surface area contributed by atoms with Gasteiger partial charge in [0.15, 0.2) is 0 Å². The van der Waals surface area contributed by atoms with Crippen molar-refractivity contribution in [3.05, 3.63) is 71.3 Å². The molecule has 42 heavy (non-hydrogen) atoms. The molecule has 0 radical (unpaired) electrons. The molecule has 11 heteroatoms. The number of ether oxygens (including phenoxy) is 2. The highest BCUT2D eigenvalue weighted by Gasteiger charge is 2.41. The Morgan fingerprint density at radius 3 is 1.83 bits per heavy atom. The van der Waals surface area contributed by atoms with E-state index in [0.29, 0.717) is 5.56 Å². The maximum Gasteiger partial charge on any atom is 0.408 e. The number of alkyl halides is 3. The van der Waals surface area contributed by atoms with Crippen molar-refractivity contribution in [3.63, 3.8) is 0 Å². The molecule has 0 spiro atoms. The number of hydrogen-bond donors (Lipinski definition) is 2. The second-order valence-corrected chi connectivity index (χ2v) is 14.3. The van der Waals surface area contributed by atoms with E-state index in [9.17, 15) is 27.0 Å². The standard InChI is InChI=1S/C31H39F3N2O5S/c1-29(2,3)40-27(37)26(36-28(38)41-30(4,5)6)19-21-42(35,39)20-18-25(31(32,33)34)24-16-14-23(15-17-24)13-12-22-10-8-7-9-11-22/h7-11,14-17,25-26,35H,18-21H2,1-6H3,(H,36,38)/t25?,26-,42?/m0/s1. The van der Waals surface area contributed by atoms with E-state index in [1.165, 1.54) is 24.3 Å². The average molecular weight is 609 g/mol. The molecular weight excluding hydrogens is 569 g/mol. The number of esters is 1. The van der Waals surface area contributed by atoms with Crippen LogP contribution in [0.1, 0.15) is 77.0 Å². The molecule has 0 saturated heterocycles. The van der Waals surface area contributed by atoms with Crippen molar-refractivity contribution in [2.75, 3.05) is 11.5 Å². The third kappa shape index (κ3) is 13.0. The Labute approximate surface area is 246 Å². The first kappa shape index (κ1) is 34.7. The topological polar surface area (TPSA) is 106 Å². The summed E-state index contributed by atoms with van der Waals surface area (Å²) in [6, 6.07) is 13.5. The maximum atomic E-state index is 14.0. The van der Waals surface area contributed by atoms with Gasteiger partial charge < -0.3 is 14.8 Å². The SMILES string of the molecule is CC(C)(C)OC(=O)N[C@@H](CCS(=N)(=O)CCC(c1ccc(C#Cc2ccccc2)cc1)C(F)(F)F)C(=O)OC(C)(C)C. The number of benzene rings is 2. The minimum atomic E-state index is -4.63. The second-order valence-electron chi connectivity index (χ2n) is 11.9.